The average molecular weight is 335 g/mol. The van der Waals surface area contributed by atoms with E-state index in [4.69, 9.17) is 0 Å². The van der Waals surface area contributed by atoms with Crippen molar-refractivity contribution in [2.24, 2.45) is 5.92 Å². The molecule has 0 spiro atoms. The molecule has 1 nitrogen and oxygen atoms in total. The van der Waals surface area contributed by atoms with Crippen molar-refractivity contribution in [3.8, 4) is 0 Å². The second-order valence-electron chi connectivity index (χ2n) is 6.02. The number of thioether (sulfide) groups is 2. The van der Waals surface area contributed by atoms with Crippen molar-refractivity contribution < 1.29 is 4.79 Å². The van der Waals surface area contributed by atoms with Gasteiger partial charge in [0.15, 0.2) is 0 Å². The van der Waals surface area contributed by atoms with Gasteiger partial charge in [-0.3, -0.25) is 4.79 Å². The highest BCUT2D eigenvalue weighted by Crippen LogP contribution is 2.34. The summed E-state index contributed by atoms with van der Waals surface area (Å²) in [5.41, 5.74) is 2.85. The zero-order chi connectivity index (χ0) is 15.8. The fourth-order valence-electron chi connectivity index (χ4n) is 3.15. The van der Waals surface area contributed by atoms with Gasteiger partial charge < -0.3 is 0 Å². The van der Waals surface area contributed by atoms with E-state index in [-0.39, 0.29) is 4.45 Å². The van der Waals surface area contributed by atoms with Gasteiger partial charge in [-0.05, 0) is 36.5 Å². The maximum atomic E-state index is 11.7. The Morgan fingerprint density at radius 1 is 1.23 bits per heavy atom. The quantitative estimate of drug-likeness (QED) is 0.571. The van der Waals surface area contributed by atoms with Crippen molar-refractivity contribution in [3.05, 3.63) is 47.5 Å². The van der Waals surface area contributed by atoms with E-state index < -0.39 is 0 Å². The summed E-state index contributed by atoms with van der Waals surface area (Å²) in [4.78, 5) is 11.7. The van der Waals surface area contributed by atoms with Gasteiger partial charge in [0.1, 0.15) is 0 Å². The third-order valence-electron chi connectivity index (χ3n) is 4.44. The van der Waals surface area contributed by atoms with Crippen molar-refractivity contribution in [3.63, 3.8) is 0 Å². The molecule has 0 amide bonds. The van der Waals surface area contributed by atoms with Crippen molar-refractivity contribution >= 4 is 28.0 Å². The number of hydrogen-bond donors (Lipinski definition) is 0. The third kappa shape index (κ3) is 5.51. The van der Waals surface area contributed by atoms with Gasteiger partial charge in [0.25, 0.3) is 0 Å². The standard InChI is InChI=1S/C19H26OS2/c1-15(16-9-5-3-6-10-16)13-18(14-22-19(20)21-2)17-11-7-4-8-12-17/h3,5-6,9-10,13,15,17H,4,7-8,11-12,14H2,1-2H3/b18-13-. The first-order valence-corrected chi connectivity index (χ1v) is 10.4. The third-order valence-corrected chi connectivity index (χ3v) is 6.34. The number of allylic oxidation sites excluding steroid dienone is 1. The lowest BCUT2D eigenvalue weighted by molar-refractivity contribution is 0.276. The predicted molar refractivity (Wildman–Crippen MR) is 101 cm³/mol. The van der Waals surface area contributed by atoms with E-state index >= 15 is 0 Å². The van der Waals surface area contributed by atoms with Gasteiger partial charge in [-0.25, -0.2) is 0 Å². The first-order valence-electron chi connectivity index (χ1n) is 8.17. The van der Waals surface area contributed by atoms with Gasteiger partial charge in [0, 0.05) is 5.75 Å². The summed E-state index contributed by atoms with van der Waals surface area (Å²) in [6.07, 6.45) is 10.9. The second kappa shape index (κ2) is 9.46. The van der Waals surface area contributed by atoms with E-state index in [1.807, 2.05) is 6.26 Å². The van der Waals surface area contributed by atoms with Gasteiger partial charge in [-0.15, -0.1) is 0 Å². The Bertz CT molecular complexity index is 489. The Balaban J connectivity index is 2.11. The molecule has 1 aliphatic rings. The molecule has 22 heavy (non-hydrogen) atoms. The van der Waals surface area contributed by atoms with Crippen LogP contribution in [-0.4, -0.2) is 16.5 Å². The summed E-state index contributed by atoms with van der Waals surface area (Å²) in [7, 11) is 0. The summed E-state index contributed by atoms with van der Waals surface area (Å²) in [6, 6.07) is 10.7. The molecule has 1 unspecified atom stereocenters. The highest BCUT2D eigenvalue weighted by molar-refractivity contribution is 8.38. The summed E-state index contributed by atoms with van der Waals surface area (Å²) in [5.74, 6) is 1.96. The number of hydrogen-bond acceptors (Lipinski definition) is 3. The SMILES string of the molecule is CSC(=O)SC/C(=C/C(C)c1ccccc1)C1CCCCC1. The lowest BCUT2D eigenvalue weighted by Gasteiger charge is -2.25. The molecular formula is C19H26OS2. The van der Waals surface area contributed by atoms with Gasteiger partial charge in [-0.1, -0.05) is 91.7 Å². The van der Waals surface area contributed by atoms with E-state index in [1.54, 1.807) is 0 Å². The largest absolute Gasteiger partial charge is 0.274 e. The molecule has 120 valence electrons. The second-order valence-corrected chi connectivity index (χ2v) is 8.00. The van der Waals surface area contributed by atoms with E-state index in [1.165, 1.54) is 66.8 Å². The molecule has 1 fully saturated rings. The highest BCUT2D eigenvalue weighted by atomic mass is 32.2. The fraction of sp³-hybridized carbons (Fsp3) is 0.526. The van der Waals surface area contributed by atoms with Crippen LogP contribution in [0.3, 0.4) is 0 Å². The number of carbonyl (C=O) groups excluding carboxylic acids is 1. The van der Waals surface area contributed by atoms with E-state index in [0.717, 1.165) is 5.75 Å². The van der Waals surface area contributed by atoms with Crippen LogP contribution in [-0.2, 0) is 0 Å². The van der Waals surface area contributed by atoms with E-state index in [9.17, 15) is 4.79 Å². The fourth-order valence-corrected chi connectivity index (χ4v) is 4.42. The Morgan fingerprint density at radius 3 is 2.55 bits per heavy atom. The van der Waals surface area contributed by atoms with Crippen LogP contribution in [0.4, 0.5) is 4.79 Å². The van der Waals surface area contributed by atoms with E-state index in [0.29, 0.717) is 11.8 Å². The van der Waals surface area contributed by atoms with Crippen LogP contribution in [0.1, 0.15) is 50.5 Å². The first-order chi connectivity index (χ1) is 10.7. The molecule has 3 heteroatoms. The molecule has 2 rings (SSSR count). The maximum Gasteiger partial charge on any atom is 0.246 e. The van der Waals surface area contributed by atoms with Crippen LogP contribution in [0.15, 0.2) is 42.0 Å². The number of carbonyl (C=O) groups is 1. The molecule has 1 atom stereocenters. The minimum atomic E-state index is 0.231. The Morgan fingerprint density at radius 2 is 1.91 bits per heavy atom. The molecule has 1 saturated carbocycles. The summed E-state index contributed by atoms with van der Waals surface area (Å²) >= 11 is 2.80. The Labute approximate surface area is 143 Å². The molecular weight excluding hydrogens is 308 g/mol. The average Bonchev–Trinajstić information content (AvgIpc) is 2.59. The first kappa shape index (κ1) is 17.7. The van der Waals surface area contributed by atoms with Gasteiger partial charge in [0.05, 0.1) is 0 Å². The lowest BCUT2D eigenvalue weighted by atomic mass is 9.82. The lowest BCUT2D eigenvalue weighted by Crippen LogP contribution is -2.12. The van der Waals surface area contributed by atoms with Crippen molar-refractivity contribution in [1.29, 1.82) is 0 Å². The zero-order valence-corrected chi connectivity index (χ0v) is 15.2. The van der Waals surface area contributed by atoms with Gasteiger partial charge >= 0.3 is 0 Å². The van der Waals surface area contributed by atoms with Gasteiger partial charge in [0.2, 0.25) is 4.45 Å². The van der Waals surface area contributed by atoms with E-state index in [2.05, 4.69) is 43.3 Å². The van der Waals surface area contributed by atoms with Crippen LogP contribution in [0.2, 0.25) is 0 Å². The zero-order valence-electron chi connectivity index (χ0n) is 13.6. The normalized spacial score (nSPS) is 18.2. The van der Waals surface area contributed by atoms with Crippen molar-refractivity contribution in [1.82, 2.24) is 0 Å². The minimum Gasteiger partial charge on any atom is -0.274 e. The molecule has 1 aromatic carbocycles. The molecule has 1 aromatic rings. The molecule has 0 bridgehead atoms. The van der Waals surface area contributed by atoms with Crippen LogP contribution in [0, 0.1) is 5.92 Å². The number of benzene rings is 1. The summed E-state index contributed by atoms with van der Waals surface area (Å²) in [5, 5.41) is 0. The molecule has 0 heterocycles. The summed E-state index contributed by atoms with van der Waals surface area (Å²) in [6.45, 7) is 2.26. The van der Waals surface area contributed by atoms with Crippen LogP contribution in [0.5, 0.6) is 0 Å². The molecule has 0 N–H and O–H groups in total. The monoisotopic (exact) mass is 334 g/mol. The topological polar surface area (TPSA) is 17.1 Å². The Hall–Kier alpha value is -0.670. The molecule has 0 aromatic heterocycles. The highest BCUT2D eigenvalue weighted by Gasteiger charge is 2.19. The van der Waals surface area contributed by atoms with Gasteiger partial charge in [-0.2, -0.15) is 0 Å². The van der Waals surface area contributed by atoms with Crippen LogP contribution in [0.25, 0.3) is 0 Å². The molecule has 0 radical (unpaired) electrons. The molecule has 1 aliphatic carbocycles. The predicted octanol–water partition coefficient (Wildman–Crippen LogP) is 6.51. The smallest absolute Gasteiger partial charge is 0.246 e. The summed E-state index contributed by atoms with van der Waals surface area (Å²) < 4.78 is 0.231. The Kier molecular flexibility index (Phi) is 7.61. The van der Waals surface area contributed by atoms with Crippen molar-refractivity contribution in [2.75, 3.05) is 12.0 Å². The van der Waals surface area contributed by atoms with Crippen LogP contribution >= 0.6 is 23.5 Å². The van der Waals surface area contributed by atoms with Crippen LogP contribution < -0.4 is 0 Å². The maximum absolute atomic E-state index is 11.7. The molecule has 0 aliphatic heterocycles. The number of rotatable bonds is 5. The molecule has 0 saturated heterocycles. The van der Waals surface area contributed by atoms with Crippen molar-refractivity contribution in [2.45, 2.75) is 44.9 Å². The minimum absolute atomic E-state index is 0.231.